The van der Waals surface area contributed by atoms with Crippen LogP contribution in [-0.2, 0) is 0 Å². The minimum atomic E-state index is 0.0637. The Morgan fingerprint density at radius 1 is 1.38 bits per heavy atom. The number of amides is 1. The van der Waals surface area contributed by atoms with Gasteiger partial charge in [0, 0.05) is 18.1 Å². The molecule has 2 atom stereocenters. The average Bonchev–Trinajstić information content (AvgIpc) is 2.53. The van der Waals surface area contributed by atoms with Crippen molar-refractivity contribution in [3.63, 3.8) is 0 Å². The lowest BCUT2D eigenvalue weighted by atomic mass is 9.77. The summed E-state index contributed by atoms with van der Waals surface area (Å²) in [4.78, 5) is 15.1. The number of hydrogen-bond acceptors (Lipinski definition) is 3. The number of piperidine rings is 2. The van der Waals surface area contributed by atoms with Crippen LogP contribution in [0.1, 0.15) is 43.0 Å². The second kappa shape index (κ2) is 5.68. The highest BCUT2D eigenvalue weighted by atomic mass is 16.5. The fourth-order valence-electron chi connectivity index (χ4n) is 3.85. The number of rotatable bonds is 2. The predicted octanol–water partition coefficient (Wildman–Crippen LogP) is 2.44. The van der Waals surface area contributed by atoms with Gasteiger partial charge in [-0.15, -0.1) is 0 Å². The van der Waals surface area contributed by atoms with Gasteiger partial charge in [-0.2, -0.15) is 0 Å². The normalized spacial score (nSPS) is 28.9. The Kier molecular flexibility index (Phi) is 3.89. The Bertz CT molecular complexity index is 527. The van der Waals surface area contributed by atoms with Crippen LogP contribution in [0.5, 0.6) is 5.75 Å². The van der Waals surface area contributed by atoms with Crippen molar-refractivity contribution in [2.24, 2.45) is 0 Å². The maximum absolute atomic E-state index is 13.0. The van der Waals surface area contributed by atoms with E-state index in [9.17, 15) is 4.79 Å². The number of hydrogen-bond donors (Lipinski definition) is 1. The molecular weight excluding hydrogens is 264 g/mol. The van der Waals surface area contributed by atoms with E-state index in [0.29, 0.717) is 11.3 Å². The molecule has 4 nitrogen and oxygen atoms in total. The minimum absolute atomic E-state index is 0.0637. The molecule has 0 unspecified atom stereocenters. The number of likely N-dealkylation sites (tertiary alicyclic amines) is 1. The second-order valence-electron chi connectivity index (χ2n) is 6.30. The van der Waals surface area contributed by atoms with E-state index in [1.165, 1.54) is 0 Å². The van der Waals surface area contributed by atoms with E-state index in [1.54, 1.807) is 7.11 Å². The summed E-state index contributed by atoms with van der Waals surface area (Å²) in [6, 6.07) is 7.81. The van der Waals surface area contributed by atoms with Crippen LogP contribution in [0.4, 0.5) is 0 Å². The van der Waals surface area contributed by atoms with Gasteiger partial charge in [0.1, 0.15) is 5.75 Å². The Morgan fingerprint density at radius 2 is 2.19 bits per heavy atom. The van der Waals surface area contributed by atoms with Crippen LogP contribution in [0, 0.1) is 0 Å². The molecule has 0 bridgehead atoms. The van der Waals surface area contributed by atoms with E-state index >= 15 is 0 Å². The van der Waals surface area contributed by atoms with Crippen molar-refractivity contribution in [2.75, 3.05) is 20.2 Å². The molecule has 114 valence electrons. The molecule has 0 spiro atoms. The van der Waals surface area contributed by atoms with Crippen LogP contribution >= 0.6 is 0 Å². The van der Waals surface area contributed by atoms with Crippen molar-refractivity contribution in [3.05, 3.63) is 29.8 Å². The van der Waals surface area contributed by atoms with Crippen molar-refractivity contribution in [1.29, 1.82) is 0 Å². The van der Waals surface area contributed by atoms with Gasteiger partial charge in [-0.25, -0.2) is 0 Å². The van der Waals surface area contributed by atoms with Gasteiger partial charge in [-0.05, 0) is 51.3 Å². The van der Waals surface area contributed by atoms with E-state index < -0.39 is 0 Å². The third-order valence-corrected chi connectivity index (χ3v) is 4.99. The number of methoxy groups -OCH3 is 1. The monoisotopic (exact) mass is 288 g/mol. The summed E-state index contributed by atoms with van der Waals surface area (Å²) < 4.78 is 5.36. The number of ether oxygens (including phenoxy) is 1. The summed E-state index contributed by atoms with van der Waals surface area (Å²) in [7, 11) is 1.62. The van der Waals surface area contributed by atoms with Gasteiger partial charge in [0.05, 0.1) is 12.7 Å². The van der Waals surface area contributed by atoms with Crippen molar-refractivity contribution >= 4 is 5.91 Å². The molecule has 0 aliphatic carbocycles. The van der Waals surface area contributed by atoms with Gasteiger partial charge in [-0.3, -0.25) is 4.79 Å². The van der Waals surface area contributed by atoms with Crippen molar-refractivity contribution in [1.82, 2.24) is 10.2 Å². The average molecular weight is 288 g/mol. The summed E-state index contributed by atoms with van der Waals surface area (Å²) in [5.41, 5.74) is 0.739. The molecule has 21 heavy (non-hydrogen) atoms. The molecule has 0 radical (unpaired) electrons. The number of nitrogens with zero attached hydrogens (tertiary/aromatic N) is 1. The Balaban J connectivity index is 1.89. The van der Waals surface area contributed by atoms with Crippen LogP contribution in [0.25, 0.3) is 0 Å². The number of carbonyl (C=O) groups is 1. The molecule has 0 saturated carbocycles. The first kappa shape index (κ1) is 14.4. The molecule has 2 saturated heterocycles. The topological polar surface area (TPSA) is 41.6 Å². The molecule has 2 aliphatic heterocycles. The van der Waals surface area contributed by atoms with Crippen molar-refractivity contribution in [2.45, 2.75) is 44.2 Å². The fourth-order valence-corrected chi connectivity index (χ4v) is 3.85. The zero-order chi connectivity index (χ0) is 14.9. The smallest absolute Gasteiger partial charge is 0.257 e. The summed E-state index contributed by atoms with van der Waals surface area (Å²) in [6.07, 6.45) is 4.43. The van der Waals surface area contributed by atoms with E-state index in [1.807, 2.05) is 24.3 Å². The fraction of sp³-hybridized carbons (Fsp3) is 0.588. The van der Waals surface area contributed by atoms with Gasteiger partial charge < -0.3 is 15.0 Å². The van der Waals surface area contributed by atoms with Gasteiger partial charge >= 0.3 is 0 Å². The van der Waals surface area contributed by atoms with Gasteiger partial charge in [0.2, 0.25) is 0 Å². The largest absolute Gasteiger partial charge is 0.496 e. The highest BCUT2D eigenvalue weighted by Crippen LogP contribution is 2.34. The van der Waals surface area contributed by atoms with Crippen molar-refractivity contribution in [3.8, 4) is 5.75 Å². The van der Waals surface area contributed by atoms with Crippen LogP contribution in [0.3, 0.4) is 0 Å². The molecule has 2 aliphatic rings. The third-order valence-electron chi connectivity index (χ3n) is 4.99. The summed E-state index contributed by atoms with van der Waals surface area (Å²) in [5, 5.41) is 3.64. The molecule has 2 fully saturated rings. The van der Waals surface area contributed by atoms with Crippen molar-refractivity contribution < 1.29 is 9.53 Å². The van der Waals surface area contributed by atoms with Gasteiger partial charge in [0.25, 0.3) is 5.91 Å². The molecule has 4 heteroatoms. The number of para-hydroxylation sites is 1. The maximum Gasteiger partial charge on any atom is 0.257 e. The van der Waals surface area contributed by atoms with Crippen LogP contribution in [-0.4, -0.2) is 42.6 Å². The van der Waals surface area contributed by atoms with E-state index in [0.717, 1.165) is 38.8 Å². The standard InChI is InChI=1S/C17H24N2O2/c1-17-10-6-12-19(15(17)9-5-11-18-17)16(20)13-7-3-4-8-14(13)21-2/h3-4,7-8,15,18H,5-6,9-12H2,1-2H3/t15-,17+/m1/s1. The summed E-state index contributed by atoms with van der Waals surface area (Å²) >= 11 is 0. The molecule has 1 aromatic carbocycles. The van der Waals surface area contributed by atoms with E-state index in [2.05, 4.69) is 17.1 Å². The van der Waals surface area contributed by atoms with Gasteiger partial charge in [-0.1, -0.05) is 12.1 Å². The first-order chi connectivity index (χ1) is 10.2. The number of carbonyl (C=O) groups excluding carboxylic acids is 1. The summed E-state index contributed by atoms with van der Waals surface area (Å²) in [6.45, 7) is 4.17. The molecule has 2 heterocycles. The highest BCUT2D eigenvalue weighted by Gasteiger charge is 2.44. The number of fused-ring (bicyclic) bond motifs is 1. The first-order valence-electron chi connectivity index (χ1n) is 7.85. The zero-order valence-electron chi connectivity index (χ0n) is 12.9. The lowest BCUT2D eigenvalue weighted by Gasteiger charge is -2.51. The predicted molar refractivity (Wildman–Crippen MR) is 82.7 cm³/mol. The number of nitrogens with one attached hydrogen (secondary N) is 1. The number of benzene rings is 1. The molecule has 3 rings (SSSR count). The SMILES string of the molecule is COc1ccccc1C(=O)N1CCC[C@]2(C)NCCC[C@@H]12. The molecule has 1 aromatic rings. The van der Waals surface area contributed by atoms with Crippen LogP contribution in [0.15, 0.2) is 24.3 Å². The first-order valence-corrected chi connectivity index (χ1v) is 7.85. The van der Waals surface area contributed by atoms with Crippen LogP contribution < -0.4 is 10.1 Å². The molecule has 1 N–H and O–H groups in total. The lowest BCUT2D eigenvalue weighted by Crippen LogP contribution is -2.65. The highest BCUT2D eigenvalue weighted by molar-refractivity contribution is 5.97. The second-order valence-corrected chi connectivity index (χ2v) is 6.30. The maximum atomic E-state index is 13.0. The van der Waals surface area contributed by atoms with E-state index in [4.69, 9.17) is 4.74 Å². The quantitative estimate of drug-likeness (QED) is 0.909. The zero-order valence-corrected chi connectivity index (χ0v) is 12.9. The minimum Gasteiger partial charge on any atom is -0.496 e. The summed E-state index contributed by atoms with van der Waals surface area (Å²) in [5.74, 6) is 0.769. The lowest BCUT2D eigenvalue weighted by molar-refractivity contribution is 0.0251. The van der Waals surface area contributed by atoms with E-state index in [-0.39, 0.29) is 17.5 Å². The third kappa shape index (κ3) is 2.53. The Labute approximate surface area is 126 Å². The van der Waals surface area contributed by atoms with Gasteiger partial charge in [0.15, 0.2) is 0 Å². The molecule has 0 aromatic heterocycles. The van der Waals surface area contributed by atoms with Crippen LogP contribution in [0.2, 0.25) is 0 Å². The molecule has 1 amide bonds. The molecular formula is C17H24N2O2. The Morgan fingerprint density at radius 3 is 3.00 bits per heavy atom. The Hall–Kier alpha value is -1.55.